The standard InChI is InChI=1S/C14H19BrN2/c15-13-5-1-4-12-11(13)6-7-14(12)17-8-2-3-10(17)9-16/h1,4-5,10,14H,2-3,6-9,16H2. The minimum atomic E-state index is 0.602. The van der Waals surface area contributed by atoms with Crippen molar-refractivity contribution in [3.05, 3.63) is 33.8 Å². The van der Waals surface area contributed by atoms with Crippen LogP contribution in [0.25, 0.3) is 0 Å². The van der Waals surface area contributed by atoms with Crippen LogP contribution in [-0.4, -0.2) is 24.0 Å². The molecule has 1 aromatic rings. The summed E-state index contributed by atoms with van der Waals surface area (Å²) in [4.78, 5) is 2.64. The first-order valence-corrected chi connectivity index (χ1v) is 7.33. The zero-order chi connectivity index (χ0) is 11.8. The fraction of sp³-hybridized carbons (Fsp3) is 0.571. The molecule has 17 heavy (non-hydrogen) atoms. The lowest BCUT2D eigenvalue weighted by molar-refractivity contribution is 0.183. The molecule has 1 fully saturated rings. The maximum absolute atomic E-state index is 5.89. The van der Waals surface area contributed by atoms with Crippen LogP contribution in [0.4, 0.5) is 0 Å². The van der Waals surface area contributed by atoms with Crippen LogP contribution < -0.4 is 5.73 Å². The molecule has 2 N–H and O–H groups in total. The maximum atomic E-state index is 5.89. The molecule has 0 spiro atoms. The molecule has 92 valence electrons. The van der Waals surface area contributed by atoms with Crippen LogP contribution in [0.1, 0.15) is 36.4 Å². The summed E-state index contributed by atoms with van der Waals surface area (Å²) in [5.74, 6) is 0. The van der Waals surface area contributed by atoms with Crippen molar-refractivity contribution in [3.8, 4) is 0 Å². The summed E-state index contributed by atoms with van der Waals surface area (Å²) < 4.78 is 1.28. The maximum Gasteiger partial charge on any atom is 0.0357 e. The zero-order valence-electron chi connectivity index (χ0n) is 10.0. The quantitative estimate of drug-likeness (QED) is 0.909. The van der Waals surface area contributed by atoms with Crippen molar-refractivity contribution in [2.45, 2.75) is 37.8 Å². The van der Waals surface area contributed by atoms with E-state index in [2.05, 4.69) is 39.0 Å². The number of hydrogen-bond acceptors (Lipinski definition) is 2. The second-order valence-corrected chi connectivity index (χ2v) is 5.99. The summed E-state index contributed by atoms with van der Waals surface area (Å²) >= 11 is 3.67. The minimum Gasteiger partial charge on any atom is -0.329 e. The Kier molecular flexibility index (Phi) is 3.24. The first-order valence-electron chi connectivity index (χ1n) is 6.54. The number of nitrogens with zero attached hydrogens (tertiary/aromatic N) is 1. The average Bonchev–Trinajstić information content (AvgIpc) is 2.94. The Labute approximate surface area is 111 Å². The first kappa shape index (κ1) is 11.7. The number of rotatable bonds is 2. The van der Waals surface area contributed by atoms with Gasteiger partial charge < -0.3 is 5.73 Å². The summed E-state index contributed by atoms with van der Waals surface area (Å²) in [7, 11) is 0. The van der Waals surface area contributed by atoms with Gasteiger partial charge in [-0.1, -0.05) is 28.1 Å². The topological polar surface area (TPSA) is 29.3 Å². The monoisotopic (exact) mass is 294 g/mol. The molecule has 0 saturated carbocycles. The van der Waals surface area contributed by atoms with Crippen molar-refractivity contribution < 1.29 is 0 Å². The predicted molar refractivity (Wildman–Crippen MR) is 74.0 cm³/mol. The number of fused-ring (bicyclic) bond motifs is 1. The third kappa shape index (κ3) is 1.94. The molecule has 0 radical (unpaired) electrons. The van der Waals surface area contributed by atoms with E-state index in [-0.39, 0.29) is 0 Å². The fourth-order valence-corrected chi connectivity index (χ4v) is 4.03. The summed E-state index contributed by atoms with van der Waals surface area (Å²) in [6.45, 7) is 2.03. The van der Waals surface area contributed by atoms with Crippen molar-refractivity contribution in [2.75, 3.05) is 13.1 Å². The number of nitrogens with two attached hydrogens (primary N) is 1. The van der Waals surface area contributed by atoms with Crippen LogP contribution in [0.5, 0.6) is 0 Å². The fourth-order valence-electron chi connectivity index (χ4n) is 3.45. The lowest BCUT2D eigenvalue weighted by atomic mass is 10.1. The van der Waals surface area contributed by atoms with E-state index >= 15 is 0 Å². The van der Waals surface area contributed by atoms with E-state index in [1.54, 1.807) is 0 Å². The van der Waals surface area contributed by atoms with Gasteiger partial charge in [0.1, 0.15) is 0 Å². The van der Waals surface area contributed by atoms with Gasteiger partial charge in [-0.2, -0.15) is 0 Å². The normalized spacial score (nSPS) is 28.6. The van der Waals surface area contributed by atoms with Crippen LogP contribution >= 0.6 is 15.9 Å². The van der Waals surface area contributed by atoms with Crippen molar-refractivity contribution in [3.63, 3.8) is 0 Å². The summed E-state index contributed by atoms with van der Waals surface area (Å²) in [6, 6.07) is 7.83. The Morgan fingerprint density at radius 1 is 1.35 bits per heavy atom. The summed E-state index contributed by atoms with van der Waals surface area (Å²) in [5, 5.41) is 0. The molecule has 3 rings (SSSR count). The van der Waals surface area contributed by atoms with Gasteiger partial charge in [0.2, 0.25) is 0 Å². The highest BCUT2D eigenvalue weighted by atomic mass is 79.9. The molecular weight excluding hydrogens is 276 g/mol. The van der Waals surface area contributed by atoms with Gasteiger partial charge >= 0.3 is 0 Å². The van der Waals surface area contributed by atoms with Gasteiger partial charge in [0, 0.05) is 23.1 Å². The number of hydrogen-bond donors (Lipinski definition) is 1. The van der Waals surface area contributed by atoms with E-state index in [0.29, 0.717) is 12.1 Å². The van der Waals surface area contributed by atoms with Gasteiger partial charge in [-0.15, -0.1) is 0 Å². The van der Waals surface area contributed by atoms with Gasteiger partial charge in [-0.05, 0) is 49.4 Å². The first-order chi connectivity index (χ1) is 8.31. The van der Waals surface area contributed by atoms with E-state index < -0.39 is 0 Å². The molecule has 2 atom stereocenters. The second-order valence-electron chi connectivity index (χ2n) is 5.13. The van der Waals surface area contributed by atoms with Crippen LogP contribution in [0.2, 0.25) is 0 Å². The lowest BCUT2D eigenvalue weighted by Gasteiger charge is -2.30. The highest BCUT2D eigenvalue weighted by Crippen LogP contribution is 2.41. The number of halogens is 1. The lowest BCUT2D eigenvalue weighted by Crippen LogP contribution is -2.37. The third-order valence-corrected chi connectivity index (χ3v) is 5.02. The number of likely N-dealkylation sites (tertiary alicyclic amines) is 1. The van der Waals surface area contributed by atoms with Crippen LogP contribution in [0.3, 0.4) is 0 Å². The highest BCUT2D eigenvalue weighted by Gasteiger charge is 2.34. The van der Waals surface area contributed by atoms with Crippen molar-refractivity contribution in [1.82, 2.24) is 4.90 Å². The number of benzene rings is 1. The van der Waals surface area contributed by atoms with E-state index in [1.165, 1.54) is 47.8 Å². The molecule has 2 unspecified atom stereocenters. The van der Waals surface area contributed by atoms with E-state index in [1.807, 2.05) is 0 Å². The Hall–Kier alpha value is -0.380. The molecule has 0 amide bonds. The molecule has 2 aliphatic rings. The largest absolute Gasteiger partial charge is 0.329 e. The SMILES string of the molecule is NCC1CCCN1C1CCc2c(Br)cccc21. The van der Waals surface area contributed by atoms with Crippen molar-refractivity contribution in [2.24, 2.45) is 5.73 Å². The van der Waals surface area contributed by atoms with E-state index in [0.717, 1.165) is 6.54 Å². The molecule has 0 aromatic heterocycles. The molecule has 1 aliphatic heterocycles. The Morgan fingerprint density at radius 2 is 2.24 bits per heavy atom. The predicted octanol–water partition coefficient (Wildman–Crippen LogP) is 2.86. The Morgan fingerprint density at radius 3 is 3.06 bits per heavy atom. The van der Waals surface area contributed by atoms with Crippen LogP contribution in [0.15, 0.2) is 22.7 Å². The highest BCUT2D eigenvalue weighted by molar-refractivity contribution is 9.10. The van der Waals surface area contributed by atoms with Gasteiger partial charge in [-0.3, -0.25) is 4.90 Å². The summed E-state index contributed by atoms with van der Waals surface area (Å²) in [6.07, 6.45) is 5.04. The van der Waals surface area contributed by atoms with E-state index in [9.17, 15) is 0 Å². The van der Waals surface area contributed by atoms with Gasteiger partial charge in [0.05, 0.1) is 0 Å². The average molecular weight is 295 g/mol. The van der Waals surface area contributed by atoms with Crippen LogP contribution in [0, 0.1) is 0 Å². The molecular formula is C14H19BrN2. The van der Waals surface area contributed by atoms with Gasteiger partial charge in [0.25, 0.3) is 0 Å². The zero-order valence-corrected chi connectivity index (χ0v) is 11.6. The van der Waals surface area contributed by atoms with E-state index in [4.69, 9.17) is 5.73 Å². The van der Waals surface area contributed by atoms with Crippen LogP contribution in [-0.2, 0) is 6.42 Å². The molecule has 3 heteroatoms. The molecule has 2 nitrogen and oxygen atoms in total. The Bertz CT molecular complexity index is 419. The molecule has 1 aromatic carbocycles. The Balaban J connectivity index is 1.90. The summed E-state index contributed by atoms with van der Waals surface area (Å²) in [5.41, 5.74) is 8.93. The molecule has 1 aliphatic carbocycles. The molecule has 1 saturated heterocycles. The molecule has 1 heterocycles. The van der Waals surface area contributed by atoms with Crippen molar-refractivity contribution >= 4 is 15.9 Å². The van der Waals surface area contributed by atoms with Gasteiger partial charge in [0.15, 0.2) is 0 Å². The van der Waals surface area contributed by atoms with Gasteiger partial charge in [-0.25, -0.2) is 0 Å². The minimum absolute atomic E-state index is 0.602. The van der Waals surface area contributed by atoms with Crippen molar-refractivity contribution in [1.29, 1.82) is 0 Å². The smallest absolute Gasteiger partial charge is 0.0357 e. The third-order valence-electron chi connectivity index (χ3n) is 4.28. The second kappa shape index (κ2) is 4.71. The molecule has 0 bridgehead atoms.